The number of ether oxygens (including phenoxy) is 1. The number of nitrogens with one attached hydrogen (secondary N) is 1. The number of hydrogen-bond acceptors (Lipinski definition) is 5. The lowest BCUT2D eigenvalue weighted by molar-refractivity contribution is 0.0785. The van der Waals surface area contributed by atoms with Crippen molar-refractivity contribution in [1.29, 1.82) is 0 Å². The molecule has 0 saturated carbocycles. The molecule has 0 unspecified atom stereocenters. The molecule has 0 bridgehead atoms. The van der Waals surface area contributed by atoms with Crippen LogP contribution in [-0.4, -0.2) is 58.8 Å². The number of morpholine rings is 1. The molecule has 0 spiro atoms. The lowest BCUT2D eigenvalue weighted by Gasteiger charge is -2.29. The Morgan fingerprint density at radius 3 is 2.46 bits per heavy atom. The molecule has 1 aliphatic heterocycles. The largest absolute Gasteiger partial charge is 0.378 e. The van der Waals surface area contributed by atoms with Crippen molar-refractivity contribution in [2.24, 2.45) is 0 Å². The van der Waals surface area contributed by atoms with E-state index in [1.807, 2.05) is 12.1 Å². The maximum Gasteiger partial charge on any atom is 0.253 e. The highest BCUT2D eigenvalue weighted by molar-refractivity contribution is 7.92. The Bertz CT molecular complexity index is 923. The lowest BCUT2D eigenvalue weighted by Crippen LogP contribution is -2.36. The minimum Gasteiger partial charge on any atom is -0.378 e. The smallest absolute Gasteiger partial charge is 0.253 e. The van der Waals surface area contributed by atoms with Gasteiger partial charge in [-0.15, -0.1) is 0 Å². The Balaban J connectivity index is 1.64. The second-order valence-corrected chi connectivity index (χ2v) is 8.63. The van der Waals surface area contributed by atoms with E-state index in [1.165, 1.54) is 0 Å². The molecule has 0 atom stereocenters. The van der Waals surface area contributed by atoms with Crippen LogP contribution in [0.15, 0.2) is 48.5 Å². The summed E-state index contributed by atoms with van der Waals surface area (Å²) in [6, 6.07) is 14.7. The summed E-state index contributed by atoms with van der Waals surface area (Å²) in [5, 5.41) is 0. The molecule has 2 aromatic rings. The standard InChI is InChI=1S/C20H25N3O4S/c1-22(20(24)17-4-3-5-18(14-17)21-28(2,25)26)15-16-6-8-19(9-7-16)23-10-12-27-13-11-23/h3-9,14,21H,10-13,15H2,1-2H3. The molecule has 28 heavy (non-hydrogen) atoms. The molecule has 150 valence electrons. The Hall–Kier alpha value is -2.58. The van der Waals surface area contributed by atoms with Crippen LogP contribution in [0.3, 0.4) is 0 Å². The first kappa shape index (κ1) is 20.2. The monoisotopic (exact) mass is 403 g/mol. The van der Waals surface area contributed by atoms with E-state index in [0.717, 1.165) is 43.8 Å². The van der Waals surface area contributed by atoms with Gasteiger partial charge >= 0.3 is 0 Å². The predicted molar refractivity (Wildman–Crippen MR) is 110 cm³/mol. The number of carbonyl (C=O) groups excluding carboxylic acids is 1. The van der Waals surface area contributed by atoms with Gasteiger partial charge in [0.1, 0.15) is 0 Å². The van der Waals surface area contributed by atoms with Crippen LogP contribution in [0, 0.1) is 0 Å². The fourth-order valence-corrected chi connectivity index (χ4v) is 3.68. The summed E-state index contributed by atoms with van der Waals surface area (Å²) in [7, 11) is -1.66. The molecule has 2 aromatic carbocycles. The van der Waals surface area contributed by atoms with Gasteiger partial charge in [0.25, 0.3) is 5.91 Å². The van der Waals surface area contributed by atoms with Crippen molar-refractivity contribution in [2.45, 2.75) is 6.54 Å². The molecule has 1 heterocycles. The van der Waals surface area contributed by atoms with E-state index < -0.39 is 10.0 Å². The second-order valence-electron chi connectivity index (χ2n) is 6.88. The highest BCUT2D eigenvalue weighted by atomic mass is 32.2. The molecule has 0 aliphatic carbocycles. The van der Waals surface area contributed by atoms with Crippen LogP contribution in [-0.2, 0) is 21.3 Å². The third kappa shape index (κ3) is 5.46. The second kappa shape index (κ2) is 8.62. The molecule has 1 N–H and O–H groups in total. The first-order valence-electron chi connectivity index (χ1n) is 9.07. The molecule has 1 aliphatic rings. The Kier molecular flexibility index (Phi) is 6.21. The van der Waals surface area contributed by atoms with Gasteiger partial charge in [0, 0.05) is 43.6 Å². The van der Waals surface area contributed by atoms with Gasteiger partial charge in [-0.25, -0.2) is 8.42 Å². The van der Waals surface area contributed by atoms with Gasteiger partial charge in [0.15, 0.2) is 0 Å². The highest BCUT2D eigenvalue weighted by Crippen LogP contribution is 2.19. The number of amides is 1. The lowest BCUT2D eigenvalue weighted by atomic mass is 10.1. The summed E-state index contributed by atoms with van der Waals surface area (Å²) in [5.41, 5.74) is 2.98. The van der Waals surface area contributed by atoms with E-state index in [2.05, 4.69) is 21.8 Å². The summed E-state index contributed by atoms with van der Waals surface area (Å²) in [4.78, 5) is 16.6. The van der Waals surface area contributed by atoms with Gasteiger partial charge in [-0.2, -0.15) is 0 Å². The highest BCUT2D eigenvalue weighted by Gasteiger charge is 2.15. The molecule has 1 saturated heterocycles. The number of rotatable bonds is 6. The van der Waals surface area contributed by atoms with E-state index in [4.69, 9.17) is 4.74 Å². The fourth-order valence-electron chi connectivity index (χ4n) is 3.13. The molecule has 0 aromatic heterocycles. The summed E-state index contributed by atoms with van der Waals surface area (Å²) in [5.74, 6) is -0.172. The third-order valence-electron chi connectivity index (χ3n) is 4.49. The number of nitrogens with zero attached hydrogens (tertiary/aromatic N) is 2. The first-order chi connectivity index (χ1) is 13.3. The SMILES string of the molecule is CN(Cc1ccc(N2CCOCC2)cc1)C(=O)c1cccc(NS(C)(=O)=O)c1. The van der Waals surface area contributed by atoms with E-state index in [0.29, 0.717) is 17.8 Å². The van der Waals surface area contributed by atoms with Crippen LogP contribution >= 0.6 is 0 Å². The van der Waals surface area contributed by atoms with E-state index in [9.17, 15) is 13.2 Å². The first-order valence-corrected chi connectivity index (χ1v) is 11.0. The average Bonchev–Trinajstić information content (AvgIpc) is 2.67. The molecule has 8 heteroatoms. The number of sulfonamides is 1. The number of benzene rings is 2. The molecule has 1 fully saturated rings. The summed E-state index contributed by atoms with van der Waals surface area (Å²) < 4.78 is 30.5. The van der Waals surface area contributed by atoms with E-state index >= 15 is 0 Å². The van der Waals surface area contributed by atoms with Crippen molar-refractivity contribution >= 4 is 27.3 Å². The zero-order chi connectivity index (χ0) is 20.1. The zero-order valence-corrected chi connectivity index (χ0v) is 16.9. The van der Waals surface area contributed by atoms with Crippen LogP contribution in [0.1, 0.15) is 15.9 Å². The third-order valence-corrected chi connectivity index (χ3v) is 5.10. The maximum absolute atomic E-state index is 12.7. The Morgan fingerprint density at radius 2 is 1.82 bits per heavy atom. The average molecular weight is 404 g/mol. The summed E-state index contributed by atoms with van der Waals surface area (Å²) in [6.45, 7) is 3.72. The molecule has 1 amide bonds. The minimum atomic E-state index is -3.39. The zero-order valence-electron chi connectivity index (χ0n) is 16.1. The topological polar surface area (TPSA) is 79.0 Å². The summed E-state index contributed by atoms with van der Waals surface area (Å²) >= 11 is 0. The normalized spacial score (nSPS) is 14.6. The minimum absolute atomic E-state index is 0.172. The number of anilines is 2. The Labute approximate surface area is 166 Å². The van der Waals surface area contributed by atoms with Crippen LogP contribution in [0.5, 0.6) is 0 Å². The van der Waals surface area contributed by atoms with Crippen LogP contribution < -0.4 is 9.62 Å². The number of hydrogen-bond donors (Lipinski definition) is 1. The van der Waals surface area contributed by atoms with Gasteiger partial charge in [0.05, 0.1) is 19.5 Å². The van der Waals surface area contributed by atoms with Crippen molar-refractivity contribution in [2.75, 3.05) is 49.2 Å². The Morgan fingerprint density at radius 1 is 1.14 bits per heavy atom. The van der Waals surface area contributed by atoms with Crippen molar-refractivity contribution in [3.8, 4) is 0 Å². The maximum atomic E-state index is 12.7. The summed E-state index contributed by atoms with van der Waals surface area (Å²) in [6.07, 6.45) is 1.08. The molecular formula is C20H25N3O4S. The van der Waals surface area contributed by atoms with Gasteiger partial charge in [-0.3, -0.25) is 9.52 Å². The molecule has 3 rings (SSSR count). The predicted octanol–water partition coefficient (Wildman–Crippen LogP) is 2.17. The van der Waals surface area contributed by atoms with Crippen molar-refractivity contribution < 1.29 is 17.9 Å². The fraction of sp³-hybridized carbons (Fsp3) is 0.350. The van der Waals surface area contributed by atoms with Gasteiger partial charge in [-0.05, 0) is 35.9 Å². The van der Waals surface area contributed by atoms with Crippen molar-refractivity contribution in [1.82, 2.24) is 4.90 Å². The van der Waals surface area contributed by atoms with Crippen LogP contribution in [0.25, 0.3) is 0 Å². The van der Waals surface area contributed by atoms with E-state index in [1.54, 1.807) is 36.2 Å². The molecular weight excluding hydrogens is 378 g/mol. The van der Waals surface area contributed by atoms with Crippen molar-refractivity contribution in [3.05, 3.63) is 59.7 Å². The van der Waals surface area contributed by atoms with Crippen molar-refractivity contribution in [3.63, 3.8) is 0 Å². The quantitative estimate of drug-likeness (QED) is 0.800. The van der Waals surface area contributed by atoms with Crippen LogP contribution in [0.2, 0.25) is 0 Å². The van der Waals surface area contributed by atoms with Crippen LogP contribution in [0.4, 0.5) is 11.4 Å². The van der Waals surface area contributed by atoms with Gasteiger partial charge in [-0.1, -0.05) is 18.2 Å². The number of carbonyl (C=O) groups is 1. The van der Waals surface area contributed by atoms with Gasteiger partial charge in [0.2, 0.25) is 10.0 Å². The molecule has 0 radical (unpaired) electrons. The van der Waals surface area contributed by atoms with E-state index in [-0.39, 0.29) is 5.91 Å². The van der Waals surface area contributed by atoms with Gasteiger partial charge < -0.3 is 14.5 Å². The molecule has 7 nitrogen and oxygen atoms in total.